The Morgan fingerprint density at radius 1 is 1.21 bits per heavy atom. The lowest BCUT2D eigenvalue weighted by Crippen LogP contribution is -2.22. The zero-order valence-corrected chi connectivity index (χ0v) is 12.6. The molecule has 0 saturated carbocycles. The van der Waals surface area contributed by atoms with Crippen LogP contribution in [0.4, 0.5) is 0 Å². The number of aromatic nitrogens is 1. The molecule has 102 valence electrons. The van der Waals surface area contributed by atoms with Gasteiger partial charge in [-0.2, -0.15) is 0 Å². The lowest BCUT2D eigenvalue weighted by molar-refractivity contribution is 0.397. The monoisotopic (exact) mass is 276 g/mol. The van der Waals surface area contributed by atoms with Gasteiger partial charge in [-0.3, -0.25) is 0 Å². The highest BCUT2D eigenvalue weighted by Gasteiger charge is 2.16. The first-order chi connectivity index (χ1) is 9.13. The van der Waals surface area contributed by atoms with Crippen LogP contribution in [0.15, 0.2) is 29.8 Å². The molecule has 0 bridgehead atoms. The second-order valence-corrected chi connectivity index (χ2v) is 5.54. The van der Waals surface area contributed by atoms with Gasteiger partial charge < -0.3 is 10.1 Å². The number of rotatable bonds is 5. The number of nitrogens with one attached hydrogen (secondary N) is 1. The molecule has 19 heavy (non-hydrogen) atoms. The lowest BCUT2D eigenvalue weighted by atomic mass is 10.1. The fraction of sp³-hybridized carbons (Fsp3) is 0.400. The molecule has 0 radical (unpaired) electrons. The number of para-hydroxylation sites is 1. The molecular formula is C15H20N2OS. The minimum absolute atomic E-state index is 0.229. The van der Waals surface area contributed by atoms with Crippen LogP contribution in [-0.2, 0) is 0 Å². The van der Waals surface area contributed by atoms with Gasteiger partial charge in [-0.25, -0.2) is 4.98 Å². The molecule has 2 unspecified atom stereocenters. The summed E-state index contributed by atoms with van der Waals surface area (Å²) in [7, 11) is 1.71. The van der Waals surface area contributed by atoms with E-state index in [4.69, 9.17) is 4.74 Å². The Kier molecular flexibility index (Phi) is 4.56. The molecule has 2 rings (SSSR count). The summed E-state index contributed by atoms with van der Waals surface area (Å²) in [4.78, 5) is 5.60. The average molecular weight is 276 g/mol. The Morgan fingerprint density at radius 3 is 2.58 bits per heavy atom. The summed E-state index contributed by atoms with van der Waals surface area (Å²) in [6, 6.07) is 8.64. The maximum atomic E-state index is 5.41. The van der Waals surface area contributed by atoms with Crippen molar-refractivity contribution in [2.24, 2.45) is 0 Å². The number of benzene rings is 1. The van der Waals surface area contributed by atoms with Gasteiger partial charge in [0.15, 0.2) is 0 Å². The molecule has 1 aromatic carbocycles. The molecule has 0 amide bonds. The highest BCUT2D eigenvalue weighted by atomic mass is 32.1. The first kappa shape index (κ1) is 14.0. The van der Waals surface area contributed by atoms with Crippen LogP contribution in [0.1, 0.15) is 42.1 Å². The van der Waals surface area contributed by atoms with E-state index in [0.29, 0.717) is 0 Å². The number of aryl methyl sites for hydroxylation is 1. The van der Waals surface area contributed by atoms with Gasteiger partial charge in [0.2, 0.25) is 0 Å². The van der Waals surface area contributed by atoms with Gasteiger partial charge >= 0.3 is 0 Å². The van der Waals surface area contributed by atoms with Crippen LogP contribution in [0, 0.1) is 6.92 Å². The zero-order chi connectivity index (χ0) is 13.8. The maximum Gasteiger partial charge on any atom is 0.123 e. The molecule has 1 aromatic heterocycles. The minimum Gasteiger partial charge on any atom is -0.496 e. The summed E-state index contributed by atoms with van der Waals surface area (Å²) in [5, 5.41) is 3.60. The number of methoxy groups -OCH3 is 1. The van der Waals surface area contributed by atoms with E-state index in [0.717, 1.165) is 11.4 Å². The van der Waals surface area contributed by atoms with Crippen LogP contribution in [0.25, 0.3) is 0 Å². The predicted molar refractivity (Wildman–Crippen MR) is 79.8 cm³/mol. The third-order valence-electron chi connectivity index (χ3n) is 3.28. The van der Waals surface area contributed by atoms with Crippen molar-refractivity contribution >= 4 is 11.3 Å². The van der Waals surface area contributed by atoms with Crippen LogP contribution in [0.5, 0.6) is 5.75 Å². The SMILES string of the molecule is COc1ccccc1C(C)NC(C)c1scnc1C. The molecule has 2 atom stereocenters. The summed E-state index contributed by atoms with van der Waals surface area (Å²) in [5.74, 6) is 0.927. The first-order valence-corrected chi connectivity index (χ1v) is 7.30. The van der Waals surface area contributed by atoms with Crippen LogP contribution in [0.3, 0.4) is 0 Å². The molecule has 0 saturated heterocycles. The van der Waals surface area contributed by atoms with E-state index in [1.54, 1.807) is 18.4 Å². The fourth-order valence-corrected chi connectivity index (χ4v) is 3.11. The van der Waals surface area contributed by atoms with E-state index < -0.39 is 0 Å². The summed E-state index contributed by atoms with van der Waals surface area (Å²) in [6.07, 6.45) is 0. The Morgan fingerprint density at radius 2 is 1.95 bits per heavy atom. The van der Waals surface area contributed by atoms with E-state index in [2.05, 4.69) is 37.1 Å². The number of hydrogen-bond donors (Lipinski definition) is 1. The lowest BCUT2D eigenvalue weighted by Gasteiger charge is -2.21. The average Bonchev–Trinajstić information content (AvgIpc) is 2.85. The molecule has 0 aliphatic rings. The smallest absolute Gasteiger partial charge is 0.123 e. The molecule has 3 nitrogen and oxygen atoms in total. The van der Waals surface area contributed by atoms with E-state index in [-0.39, 0.29) is 12.1 Å². The maximum absolute atomic E-state index is 5.41. The molecule has 1 N–H and O–H groups in total. The normalized spacial score (nSPS) is 14.1. The van der Waals surface area contributed by atoms with Crippen LogP contribution in [0.2, 0.25) is 0 Å². The third-order valence-corrected chi connectivity index (χ3v) is 4.40. The fourth-order valence-electron chi connectivity index (χ4n) is 2.29. The van der Waals surface area contributed by atoms with Crippen molar-refractivity contribution in [3.8, 4) is 5.75 Å². The highest BCUT2D eigenvalue weighted by Crippen LogP contribution is 2.28. The van der Waals surface area contributed by atoms with Gasteiger partial charge in [-0.05, 0) is 26.8 Å². The van der Waals surface area contributed by atoms with Crippen molar-refractivity contribution < 1.29 is 4.74 Å². The van der Waals surface area contributed by atoms with Crippen LogP contribution >= 0.6 is 11.3 Å². The zero-order valence-electron chi connectivity index (χ0n) is 11.8. The quantitative estimate of drug-likeness (QED) is 0.900. The second-order valence-electron chi connectivity index (χ2n) is 4.65. The van der Waals surface area contributed by atoms with Crippen molar-refractivity contribution in [3.63, 3.8) is 0 Å². The van der Waals surface area contributed by atoms with Crippen molar-refractivity contribution in [2.75, 3.05) is 7.11 Å². The standard InChI is InChI=1S/C15H20N2OS/c1-10(13-7-5-6-8-14(13)18-4)17-12(3)15-11(2)16-9-19-15/h5-10,12,17H,1-4H3. The highest BCUT2D eigenvalue weighted by molar-refractivity contribution is 7.09. The third kappa shape index (κ3) is 3.14. The van der Waals surface area contributed by atoms with E-state index >= 15 is 0 Å². The van der Waals surface area contributed by atoms with Crippen molar-refractivity contribution in [3.05, 3.63) is 45.9 Å². The Bertz CT molecular complexity index is 538. The van der Waals surface area contributed by atoms with Crippen molar-refractivity contribution in [2.45, 2.75) is 32.9 Å². The number of ether oxygens (including phenoxy) is 1. The molecule has 0 spiro atoms. The topological polar surface area (TPSA) is 34.1 Å². The van der Waals surface area contributed by atoms with Gasteiger partial charge in [-0.1, -0.05) is 18.2 Å². The molecule has 1 heterocycles. The summed E-state index contributed by atoms with van der Waals surface area (Å²) < 4.78 is 5.41. The molecule has 2 aromatic rings. The van der Waals surface area contributed by atoms with Gasteiger partial charge in [0.25, 0.3) is 0 Å². The van der Waals surface area contributed by atoms with Gasteiger partial charge in [0.1, 0.15) is 5.75 Å². The van der Waals surface area contributed by atoms with Crippen LogP contribution in [-0.4, -0.2) is 12.1 Å². The van der Waals surface area contributed by atoms with Gasteiger partial charge in [0.05, 0.1) is 18.3 Å². The predicted octanol–water partition coefficient (Wildman–Crippen LogP) is 3.87. The van der Waals surface area contributed by atoms with Gasteiger partial charge in [0, 0.05) is 22.5 Å². The Labute approximate surface area is 118 Å². The van der Waals surface area contributed by atoms with Crippen molar-refractivity contribution in [1.29, 1.82) is 0 Å². The minimum atomic E-state index is 0.229. The summed E-state index contributed by atoms with van der Waals surface area (Å²) >= 11 is 1.70. The summed E-state index contributed by atoms with van der Waals surface area (Å²) in [5.41, 5.74) is 4.19. The number of thiazole rings is 1. The Hall–Kier alpha value is -1.39. The molecule has 4 heteroatoms. The number of nitrogens with zero attached hydrogens (tertiary/aromatic N) is 1. The molecule has 0 aliphatic heterocycles. The van der Waals surface area contributed by atoms with E-state index in [1.165, 1.54) is 10.4 Å². The molecular weight excluding hydrogens is 256 g/mol. The first-order valence-electron chi connectivity index (χ1n) is 6.42. The van der Waals surface area contributed by atoms with E-state index in [9.17, 15) is 0 Å². The largest absolute Gasteiger partial charge is 0.496 e. The summed E-state index contributed by atoms with van der Waals surface area (Å²) in [6.45, 7) is 6.38. The molecule has 0 fully saturated rings. The van der Waals surface area contributed by atoms with Crippen molar-refractivity contribution in [1.82, 2.24) is 10.3 Å². The second kappa shape index (κ2) is 6.17. The molecule has 0 aliphatic carbocycles. The van der Waals surface area contributed by atoms with Gasteiger partial charge in [-0.15, -0.1) is 11.3 Å². The number of hydrogen-bond acceptors (Lipinski definition) is 4. The Balaban J connectivity index is 2.13. The van der Waals surface area contributed by atoms with E-state index in [1.807, 2.05) is 23.7 Å². The van der Waals surface area contributed by atoms with Crippen LogP contribution < -0.4 is 10.1 Å².